The third-order valence-corrected chi connectivity index (χ3v) is 5.11. The van der Waals surface area contributed by atoms with Crippen LogP contribution in [-0.2, 0) is 13.1 Å². The Kier molecular flexibility index (Phi) is 5.34. The van der Waals surface area contributed by atoms with Crippen molar-refractivity contribution in [3.63, 3.8) is 0 Å². The number of amides is 2. The first kappa shape index (κ1) is 18.2. The lowest BCUT2D eigenvalue weighted by Gasteiger charge is -2.31. The lowest BCUT2D eigenvalue weighted by Crippen LogP contribution is -2.43. The second-order valence-corrected chi connectivity index (χ2v) is 6.96. The summed E-state index contributed by atoms with van der Waals surface area (Å²) in [4.78, 5) is 21.6. The van der Waals surface area contributed by atoms with Gasteiger partial charge in [0, 0.05) is 44.0 Å². The number of rotatable bonds is 5. The molecule has 0 bridgehead atoms. The number of imidazole rings is 1. The number of benzene rings is 1. The average molecular weight is 380 g/mol. The number of piperidine rings is 1. The van der Waals surface area contributed by atoms with Crippen LogP contribution in [-0.4, -0.2) is 49.0 Å². The lowest BCUT2D eigenvalue weighted by molar-refractivity contribution is 0.180. The standard InChI is InChI=1S/C19H24N8O/c20-9-16-12-27(25-24-16)17-3-1-2-14(8-17)10-22-19(28)26-6-4-15(5-7-26)18-11-21-13-23-18/h1-3,8,11-13,15H,4-7,9-10,20H2,(H,21,23)(H,22,28). The van der Waals surface area contributed by atoms with Crippen LogP contribution in [0.1, 0.15) is 35.7 Å². The van der Waals surface area contributed by atoms with E-state index in [2.05, 4.69) is 25.6 Å². The molecular formula is C19H24N8O. The molecule has 0 aliphatic carbocycles. The number of likely N-dealkylation sites (tertiary alicyclic amines) is 1. The number of nitrogens with two attached hydrogens (primary N) is 1. The number of aromatic amines is 1. The van der Waals surface area contributed by atoms with Gasteiger partial charge in [0.2, 0.25) is 0 Å². The summed E-state index contributed by atoms with van der Waals surface area (Å²) >= 11 is 0. The first-order valence-electron chi connectivity index (χ1n) is 9.44. The van der Waals surface area contributed by atoms with Gasteiger partial charge < -0.3 is 20.9 Å². The van der Waals surface area contributed by atoms with E-state index in [0.717, 1.165) is 48.6 Å². The molecule has 0 unspecified atom stereocenters. The van der Waals surface area contributed by atoms with E-state index < -0.39 is 0 Å². The lowest BCUT2D eigenvalue weighted by atomic mass is 9.94. The topological polar surface area (TPSA) is 118 Å². The van der Waals surface area contributed by atoms with E-state index in [9.17, 15) is 4.79 Å². The van der Waals surface area contributed by atoms with Gasteiger partial charge in [-0.2, -0.15) is 0 Å². The van der Waals surface area contributed by atoms with Crippen molar-refractivity contribution in [1.82, 2.24) is 35.2 Å². The van der Waals surface area contributed by atoms with E-state index >= 15 is 0 Å². The van der Waals surface area contributed by atoms with Crippen molar-refractivity contribution in [2.45, 2.75) is 31.8 Å². The molecule has 9 heteroatoms. The van der Waals surface area contributed by atoms with Crippen molar-refractivity contribution >= 4 is 6.03 Å². The van der Waals surface area contributed by atoms with Gasteiger partial charge in [-0.1, -0.05) is 17.3 Å². The molecule has 2 aromatic heterocycles. The zero-order chi connectivity index (χ0) is 19.3. The fourth-order valence-electron chi connectivity index (χ4n) is 3.50. The number of nitrogens with one attached hydrogen (secondary N) is 2. The summed E-state index contributed by atoms with van der Waals surface area (Å²) in [5, 5.41) is 11.1. The molecule has 1 aromatic carbocycles. The second kappa shape index (κ2) is 8.22. The van der Waals surface area contributed by atoms with Gasteiger partial charge >= 0.3 is 6.03 Å². The largest absolute Gasteiger partial charge is 0.348 e. The summed E-state index contributed by atoms with van der Waals surface area (Å²) in [7, 11) is 0. The maximum absolute atomic E-state index is 12.5. The van der Waals surface area contributed by atoms with E-state index in [-0.39, 0.29) is 6.03 Å². The predicted octanol–water partition coefficient (Wildman–Crippen LogP) is 1.54. The Hall–Kier alpha value is -3.20. The molecule has 9 nitrogen and oxygen atoms in total. The Morgan fingerprint density at radius 3 is 2.89 bits per heavy atom. The van der Waals surface area contributed by atoms with E-state index in [1.54, 1.807) is 11.0 Å². The molecule has 1 saturated heterocycles. The normalized spacial score (nSPS) is 15.0. The first-order valence-corrected chi connectivity index (χ1v) is 9.44. The van der Waals surface area contributed by atoms with Gasteiger partial charge in [0.15, 0.2) is 0 Å². The first-order chi connectivity index (χ1) is 13.7. The highest BCUT2D eigenvalue weighted by Gasteiger charge is 2.24. The number of carbonyl (C=O) groups is 1. The molecule has 2 amide bonds. The molecule has 3 aromatic rings. The van der Waals surface area contributed by atoms with Crippen LogP contribution in [0.15, 0.2) is 43.0 Å². The third-order valence-electron chi connectivity index (χ3n) is 5.11. The van der Waals surface area contributed by atoms with E-state index in [1.807, 2.05) is 41.6 Å². The van der Waals surface area contributed by atoms with Gasteiger partial charge in [0.05, 0.1) is 23.9 Å². The molecule has 0 atom stereocenters. The Balaban J connectivity index is 1.31. The number of aromatic nitrogens is 5. The summed E-state index contributed by atoms with van der Waals surface area (Å²) in [6.07, 6.45) is 7.28. The summed E-state index contributed by atoms with van der Waals surface area (Å²) < 4.78 is 1.69. The SMILES string of the molecule is NCc1cn(-c2cccc(CNC(=O)N3CCC(c4cnc[nH]4)CC3)c2)nn1. The zero-order valence-corrected chi connectivity index (χ0v) is 15.6. The van der Waals surface area contributed by atoms with E-state index in [0.29, 0.717) is 19.0 Å². The van der Waals surface area contributed by atoms with Gasteiger partial charge in [0.25, 0.3) is 0 Å². The molecule has 4 N–H and O–H groups in total. The molecule has 0 spiro atoms. The van der Waals surface area contributed by atoms with E-state index in [1.165, 1.54) is 0 Å². The zero-order valence-electron chi connectivity index (χ0n) is 15.6. The highest BCUT2D eigenvalue weighted by atomic mass is 16.2. The summed E-state index contributed by atoms with van der Waals surface area (Å²) in [5.74, 6) is 0.448. The number of urea groups is 1. The maximum Gasteiger partial charge on any atom is 0.317 e. The predicted molar refractivity (Wildman–Crippen MR) is 104 cm³/mol. The van der Waals surface area contributed by atoms with Crippen molar-refractivity contribution in [2.75, 3.05) is 13.1 Å². The highest BCUT2D eigenvalue weighted by molar-refractivity contribution is 5.74. The van der Waals surface area contributed by atoms with Crippen LogP contribution in [0, 0.1) is 0 Å². The summed E-state index contributed by atoms with van der Waals surface area (Å²) in [6.45, 7) is 2.31. The minimum atomic E-state index is -0.0281. The van der Waals surface area contributed by atoms with Crippen LogP contribution in [0.3, 0.4) is 0 Å². The average Bonchev–Trinajstić information content (AvgIpc) is 3.44. The molecule has 4 rings (SSSR count). The second-order valence-electron chi connectivity index (χ2n) is 6.96. The van der Waals surface area contributed by atoms with Crippen LogP contribution >= 0.6 is 0 Å². The summed E-state index contributed by atoms with van der Waals surface area (Å²) in [5.41, 5.74) is 9.37. The Morgan fingerprint density at radius 2 is 2.18 bits per heavy atom. The molecular weight excluding hydrogens is 356 g/mol. The van der Waals surface area contributed by atoms with Gasteiger partial charge in [-0.3, -0.25) is 0 Å². The molecule has 28 heavy (non-hydrogen) atoms. The number of hydrogen-bond acceptors (Lipinski definition) is 5. The molecule has 1 fully saturated rings. The fraction of sp³-hybridized carbons (Fsp3) is 0.368. The number of carbonyl (C=O) groups excluding carboxylic acids is 1. The molecule has 3 heterocycles. The minimum absolute atomic E-state index is 0.0281. The van der Waals surface area contributed by atoms with Crippen molar-refractivity contribution in [3.8, 4) is 5.69 Å². The minimum Gasteiger partial charge on any atom is -0.348 e. The molecule has 1 aliphatic heterocycles. The monoisotopic (exact) mass is 380 g/mol. The summed E-state index contributed by atoms with van der Waals surface area (Å²) in [6, 6.07) is 7.82. The van der Waals surface area contributed by atoms with Crippen LogP contribution < -0.4 is 11.1 Å². The van der Waals surface area contributed by atoms with E-state index in [4.69, 9.17) is 5.73 Å². The molecule has 0 radical (unpaired) electrons. The quantitative estimate of drug-likeness (QED) is 0.620. The molecule has 0 saturated carbocycles. The fourth-order valence-corrected chi connectivity index (χ4v) is 3.50. The van der Waals surface area contributed by atoms with Crippen molar-refractivity contribution in [1.29, 1.82) is 0 Å². The van der Waals surface area contributed by atoms with Crippen LogP contribution in [0.2, 0.25) is 0 Å². The number of nitrogens with zero attached hydrogens (tertiary/aromatic N) is 5. The third kappa shape index (κ3) is 4.04. The number of hydrogen-bond donors (Lipinski definition) is 3. The van der Waals surface area contributed by atoms with Gasteiger partial charge in [-0.15, -0.1) is 5.10 Å². The molecule has 1 aliphatic rings. The van der Waals surface area contributed by atoms with Gasteiger partial charge in [0.1, 0.15) is 0 Å². The highest BCUT2D eigenvalue weighted by Crippen LogP contribution is 2.26. The van der Waals surface area contributed by atoms with Crippen molar-refractivity contribution < 1.29 is 4.79 Å². The van der Waals surface area contributed by atoms with Gasteiger partial charge in [-0.05, 0) is 30.5 Å². The van der Waals surface area contributed by atoms with Crippen LogP contribution in [0.25, 0.3) is 5.69 Å². The Morgan fingerprint density at radius 1 is 1.32 bits per heavy atom. The maximum atomic E-state index is 12.5. The smallest absolute Gasteiger partial charge is 0.317 e. The Bertz CT molecular complexity index is 912. The Labute approximate surface area is 162 Å². The van der Waals surface area contributed by atoms with Crippen LogP contribution in [0.4, 0.5) is 4.79 Å². The number of H-pyrrole nitrogens is 1. The van der Waals surface area contributed by atoms with Crippen LogP contribution in [0.5, 0.6) is 0 Å². The van der Waals surface area contributed by atoms with Crippen molar-refractivity contribution in [2.24, 2.45) is 5.73 Å². The van der Waals surface area contributed by atoms with Gasteiger partial charge in [-0.25, -0.2) is 14.5 Å². The van der Waals surface area contributed by atoms with Crippen molar-refractivity contribution in [3.05, 3.63) is 59.9 Å². The molecule has 146 valence electrons.